The van der Waals surface area contributed by atoms with Crippen molar-refractivity contribution in [1.82, 2.24) is 19.2 Å². The average molecular weight is 324 g/mol. The number of likely N-dealkylation sites (tertiary alicyclic amines) is 2. The molecule has 2 saturated heterocycles. The number of piperidine rings is 2. The van der Waals surface area contributed by atoms with E-state index in [1.165, 1.54) is 32.5 Å². The van der Waals surface area contributed by atoms with Gasteiger partial charge in [0.2, 0.25) is 0 Å². The van der Waals surface area contributed by atoms with E-state index < -0.39 is 0 Å². The summed E-state index contributed by atoms with van der Waals surface area (Å²) in [6.45, 7) is 9.24. The molecular weight excluding hydrogens is 296 g/mol. The Morgan fingerprint density at radius 1 is 1.14 bits per heavy atom. The van der Waals surface area contributed by atoms with Crippen molar-refractivity contribution in [1.29, 1.82) is 0 Å². The largest absolute Gasteiger partial charge is 0.396 e. The molecule has 0 aliphatic carbocycles. The molecule has 0 radical (unpaired) electrons. The Bertz CT molecular complexity index is 459. The van der Waals surface area contributed by atoms with Gasteiger partial charge < -0.3 is 10.0 Å². The zero-order chi connectivity index (χ0) is 15.4. The molecule has 0 amide bonds. The standard InChI is InChI=1S/C16H28N4OS/c1-13-17-16(22-18-13)11-20-6-2-3-15(10-20)9-19-7-4-14(12-21)5-8-19/h14-15,21H,2-12H2,1H3. The minimum absolute atomic E-state index is 0.367. The van der Waals surface area contributed by atoms with Crippen molar-refractivity contribution in [3.63, 3.8) is 0 Å². The summed E-state index contributed by atoms with van der Waals surface area (Å²) in [6, 6.07) is 0. The summed E-state index contributed by atoms with van der Waals surface area (Å²) >= 11 is 1.55. The molecule has 1 N–H and O–H groups in total. The van der Waals surface area contributed by atoms with E-state index in [0.29, 0.717) is 12.5 Å². The highest BCUT2D eigenvalue weighted by atomic mass is 32.1. The maximum atomic E-state index is 9.24. The van der Waals surface area contributed by atoms with Gasteiger partial charge in [0, 0.05) is 19.7 Å². The van der Waals surface area contributed by atoms with Crippen LogP contribution >= 0.6 is 11.5 Å². The van der Waals surface area contributed by atoms with Crippen molar-refractivity contribution in [3.8, 4) is 0 Å². The van der Waals surface area contributed by atoms with E-state index in [0.717, 1.165) is 49.2 Å². The average Bonchev–Trinajstić information content (AvgIpc) is 2.93. The Morgan fingerprint density at radius 3 is 2.64 bits per heavy atom. The third kappa shape index (κ3) is 4.47. The number of aliphatic hydroxyl groups is 1. The SMILES string of the molecule is Cc1nsc(CN2CCCC(CN3CCC(CO)CC3)C2)n1. The van der Waals surface area contributed by atoms with Gasteiger partial charge >= 0.3 is 0 Å². The summed E-state index contributed by atoms with van der Waals surface area (Å²) < 4.78 is 4.29. The first-order chi connectivity index (χ1) is 10.7. The van der Waals surface area contributed by atoms with Crippen LogP contribution in [0.15, 0.2) is 0 Å². The first-order valence-corrected chi connectivity index (χ1v) is 9.35. The number of nitrogens with zero attached hydrogens (tertiary/aromatic N) is 4. The normalized spacial score (nSPS) is 25.6. The molecule has 3 rings (SSSR count). The number of aromatic nitrogens is 2. The number of aryl methyl sites for hydroxylation is 1. The van der Waals surface area contributed by atoms with Gasteiger partial charge in [0.1, 0.15) is 10.8 Å². The maximum absolute atomic E-state index is 9.24. The Kier molecular flexibility index (Phi) is 5.79. The third-order valence-electron chi connectivity index (χ3n) is 5.01. The minimum Gasteiger partial charge on any atom is -0.396 e. The van der Waals surface area contributed by atoms with Crippen LogP contribution in [0.2, 0.25) is 0 Å². The van der Waals surface area contributed by atoms with E-state index in [-0.39, 0.29) is 0 Å². The predicted octanol–water partition coefficient (Wildman–Crippen LogP) is 1.76. The van der Waals surface area contributed by atoms with Gasteiger partial charge in [-0.05, 0) is 75.6 Å². The van der Waals surface area contributed by atoms with E-state index in [1.807, 2.05) is 6.92 Å². The van der Waals surface area contributed by atoms with E-state index in [9.17, 15) is 5.11 Å². The Labute approximate surface area is 137 Å². The minimum atomic E-state index is 0.367. The van der Waals surface area contributed by atoms with Crippen molar-refractivity contribution in [3.05, 3.63) is 10.8 Å². The summed E-state index contributed by atoms with van der Waals surface area (Å²) in [7, 11) is 0. The fraction of sp³-hybridized carbons (Fsp3) is 0.875. The lowest BCUT2D eigenvalue weighted by atomic mass is 9.94. The van der Waals surface area contributed by atoms with Gasteiger partial charge in [0.05, 0.1) is 6.54 Å². The molecule has 124 valence electrons. The smallest absolute Gasteiger partial charge is 0.139 e. The van der Waals surface area contributed by atoms with E-state index in [1.54, 1.807) is 11.5 Å². The van der Waals surface area contributed by atoms with Crippen LogP contribution in [0.3, 0.4) is 0 Å². The van der Waals surface area contributed by atoms with E-state index in [4.69, 9.17) is 0 Å². The Morgan fingerprint density at radius 2 is 1.95 bits per heavy atom. The highest BCUT2D eigenvalue weighted by molar-refractivity contribution is 7.05. The summed E-state index contributed by atoms with van der Waals surface area (Å²) in [4.78, 5) is 9.65. The number of hydrogen-bond acceptors (Lipinski definition) is 6. The zero-order valence-electron chi connectivity index (χ0n) is 13.6. The molecule has 1 aromatic rings. The zero-order valence-corrected chi connectivity index (χ0v) is 14.4. The van der Waals surface area contributed by atoms with E-state index >= 15 is 0 Å². The van der Waals surface area contributed by atoms with Crippen molar-refractivity contribution in [2.24, 2.45) is 11.8 Å². The van der Waals surface area contributed by atoms with Gasteiger partial charge in [-0.25, -0.2) is 4.98 Å². The number of rotatable bonds is 5. The third-order valence-corrected chi connectivity index (χ3v) is 5.80. The van der Waals surface area contributed by atoms with Crippen LogP contribution in [-0.2, 0) is 6.54 Å². The molecular formula is C16H28N4OS. The van der Waals surface area contributed by atoms with Crippen LogP contribution in [0, 0.1) is 18.8 Å². The molecule has 2 fully saturated rings. The first-order valence-electron chi connectivity index (χ1n) is 8.57. The summed E-state index contributed by atoms with van der Waals surface area (Å²) in [6.07, 6.45) is 4.98. The number of aliphatic hydroxyl groups excluding tert-OH is 1. The van der Waals surface area contributed by atoms with Crippen molar-refractivity contribution in [2.45, 2.75) is 39.2 Å². The highest BCUT2D eigenvalue weighted by Gasteiger charge is 2.25. The van der Waals surface area contributed by atoms with Crippen molar-refractivity contribution in [2.75, 3.05) is 39.3 Å². The molecule has 1 aromatic heterocycles. The highest BCUT2D eigenvalue weighted by Crippen LogP contribution is 2.23. The van der Waals surface area contributed by atoms with Gasteiger partial charge in [-0.2, -0.15) is 4.37 Å². The number of hydrogen-bond donors (Lipinski definition) is 1. The van der Waals surface area contributed by atoms with Crippen LogP contribution < -0.4 is 0 Å². The molecule has 5 nitrogen and oxygen atoms in total. The summed E-state index contributed by atoms with van der Waals surface area (Å²) in [5.74, 6) is 2.23. The molecule has 0 spiro atoms. The summed E-state index contributed by atoms with van der Waals surface area (Å²) in [5, 5.41) is 10.4. The molecule has 0 bridgehead atoms. The molecule has 0 saturated carbocycles. The first kappa shape index (κ1) is 16.3. The second kappa shape index (κ2) is 7.81. The Hall–Kier alpha value is -0.560. The van der Waals surface area contributed by atoms with Crippen LogP contribution in [0.25, 0.3) is 0 Å². The lowest BCUT2D eigenvalue weighted by molar-refractivity contribution is 0.0909. The van der Waals surface area contributed by atoms with Gasteiger partial charge in [0.15, 0.2) is 0 Å². The second-order valence-electron chi connectivity index (χ2n) is 6.91. The maximum Gasteiger partial charge on any atom is 0.139 e. The molecule has 1 unspecified atom stereocenters. The fourth-order valence-corrected chi connectivity index (χ4v) is 4.45. The van der Waals surface area contributed by atoms with Crippen LogP contribution in [0.5, 0.6) is 0 Å². The molecule has 3 heterocycles. The van der Waals surface area contributed by atoms with Crippen LogP contribution in [0.1, 0.15) is 36.5 Å². The van der Waals surface area contributed by atoms with Crippen LogP contribution in [-0.4, -0.2) is 63.6 Å². The molecule has 6 heteroatoms. The topological polar surface area (TPSA) is 52.5 Å². The predicted molar refractivity (Wildman–Crippen MR) is 88.9 cm³/mol. The molecule has 22 heavy (non-hydrogen) atoms. The lowest BCUT2D eigenvalue weighted by Gasteiger charge is -2.37. The quantitative estimate of drug-likeness (QED) is 0.894. The van der Waals surface area contributed by atoms with E-state index in [2.05, 4.69) is 19.2 Å². The van der Waals surface area contributed by atoms with Gasteiger partial charge in [-0.3, -0.25) is 4.90 Å². The monoisotopic (exact) mass is 324 g/mol. The summed E-state index contributed by atoms with van der Waals surface area (Å²) in [5.41, 5.74) is 0. The van der Waals surface area contributed by atoms with Gasteiger partial charge in [0.25, 0.3) is 0 Å². The Balaban J connectivity index is 1.44. The molecule has 0 aromatic carbocycles. The van der Waals surface area contributed by atoms with Crippen molar-refractivity contribution >= 4 is 11.5 Å². The van der Waals surface area contributed by atoms with Crippen LogP contribution in [0.4, 0.5) is 0 Å². The lowest BCUT2D eigenvalue weighted by Crippen LogP contribution is -2.43. The molecule has 2 aliphatic rings. The molecule has 2 aliphatic heterocycles. The fourth-order valence-electron chi connectivity index (χ4n) is 3.76. The molecule has 1 atom stereocenters. The van der Waals surface area contributed by atoms with Gasteiger partial charge in [-0.15, -0.1) is 0 Å². The van der Waals surface area contributed by atoms with Gasteiger partial charge in [-0.1, -0.05) is 0 Å². The van der Waals surface area contributed by atoms with Crippen molar-refractivity contribution < 1.29 is 5.11 Å². The second-order valence-corrected chi connectivity index (χ2v) is 7.74.